The highest BCUT2D eigenvalue weighted by molar-refractivity contribution is 5.91. The Morgan fingerprint density at radius 2 is 2.00 bits per heavy atom. The molecule has 1 aromatic rings. The number of hydrogen-bond donors (Lipinski definition) is 1. The quantitative estimate of drug-likeness (QED) is 0.865. The number of anilines is 2. The van der Waals surface area contributed by atoms with Gasteiger partial charge in [0.25, 0.3) is 0 Å². The van der Waals surface area contributed by atoms with Crippen LogP contribution in [0.3, 0.4) is 0 Å². The lowest BCUT2D eigenvalue weighted by molar-refractivity contribution is -0.129. The Bertz CT molecular complexity index is 633. The lowest BCUT2D eigenvalue weighted by Gasteiger charge is -2.35. The van der Waals surface area contributed by atoms with Gasteiger partial charge < -0.3 is 15.1 Å². The maximum Gasteiger partial charge on any atom is 0.224 e. The number of piperazine rings is 1. The average Bonchev–Trinajstić information content (AvgIpc) is 3.08. The number of carbonyl (C=O) groups is 2. The molecule has 1 saturated heterocycles. The van der Waals surface area contributed by atoms with Crippen LogP contribution in [0.5, 0.6) is 0 Å². The lowest BCUT2D eigenvalue weighted by Crippen LogP contribution is -2.48. The molecule has 1 heterocycles. The molecule has 2 amide bonds. The van der Waals surface area contributed by atoms with E-state index < -0.39 is 0 Å². The summed E-state index contributed by atoms with van der Waals surface area (Å²) in [5, 5.41) is 3.01. The zero-order chi connectivity index (χ0) is 16.9. The van der Waals surface area contributed by atoms with E-state index in [4.69, 9.17) is 0 Å². The van der Waals surface area contributed by atoms with E-state index in [-0.39, 0.29) is 11.8 Å². The summed E-state index contributed by atoms with van der Waals surface area (Å²) in [5.74, 6) is 0.592. The number of allylic oxidation sites excluding steroid dienone is 2. The first-order valence-electron chi connectivity index (χ1n) is 8.69. The van der Waals surface area contributed by atoms with Gasteiger partial charge in [0.05, 0.1) is 0 Å². The second-order valence-corrected chi connectivity index (χ2v) is 6.56. The van der Waals surface area contributed by atoms with Gasteiger partial charge in [-0.1, -0.05) is 18.2 Å². The van der Waals surface area contributed by atoms with Crippen LogP contribution in [-0.2, 0) is 9.59 Å². The maximum absolute atomic E-state index is 12.2. The number of nitrogens with zero attached hydrogens (tertiary/aromatic N) is 2. The van der Waals surface area contributed by atoms with Crippen LogP contribution >= 0.6 is 0 Å². The smallest absolute Gasteiger partial charge is 0.224 e. The Kier molecular flexibility index (Phi) is 5.18. The highest BCUT2D eigenvalue weighted by atomic mass is 16.2. The summed E-state index contributed by atoms with van der Waals surface area (Å²) < 4.78 is 0. The van der Waals surface area contributed by atoms with Crippen molar-refractivity contribution in [3.05, 3.63) is 36.4 Å². The first kappa shape index (κ1) is 16.6. The summed E-state index contributed by atoms with van der Waals surface area (Å²) in [6, 6.07) is 7.97. The second-order valence-electron chi connectivity index (χ2n) is 6.56. The standard InChI is InChI=1S/C19H25N3O2/c1-15(23)21-9-11-22(12-10-21)18-8-4-7-17(14-18)20-19(24)13-16-5-2-3-6-16/h2,4-5,7-8,14,16H,3,6,9-13H2,1H3,(H,20,24)/t16-/m1/s1. The number of rotatable bonds is 4. The molecule has 1 aliphatic heterocycles. The molecule has 1 atom stereocenters. The first-order valence-corrected chi connectivity index (χ1v) is 8.69. The van der Waals surface area contributed by atoms with Gasteiger partial charge >= 0.3 is 0 Å². The minimum absolute atomic E-state index is 0.0742. The van der Waals surface area contributed by atoms with Crippen LogP contribution in [0.25, 0.3) is 0 Å². The van der Waals surface area contributed by atoms with E-state index in [0.29, 0.717) is 12.3 Å². The van der Waals surface area contributed by atoms with Crippen molar-refractivity contribution >= 4 is 23.2 Å². The number of amides is 2. The average molecular weight is 327 g/mol. The maximum atomic E-state index is 12.2. The van der Waals surface area contributed by atoms with E-state index >= 15 is 0 Å². The van der Waals surface area contributed by atoms with Crippen LogP contribution in [0.4, 0.5) is 11.4 Å². The largest absolute Gasteiger partial charge is 0.368 e. The Labute approximate surface area is 143 Å². The molecule has 0 bridgehead atoms. The van der Waals surface area contributed by atoms with Crippen molar-refractivity contribution in [2.75, 3.05) is 36.4 Å². The molecule has 0 saturated carbocycles. The fraction of sp³-hybridized carbons (Fsp3) is 0.474. The number of carbonyl (C=O) groups excluding carboxylic acids is 2. The van der Waals surface area contributed by atoms with Crippen molar-refractivity contribution in [3.63, 3.8) is 0 Å². The number of hydrogen-bond acceptors (Lipinski definition) is 3. The third kappa shape index (κ3) is 4.16. The molecule has 128 valence electrons. The van der Waals surface area contributed by atoms with E-state index in [1.165, 1.54) is 0 Å². The molecule has 5 heteroatoms. The minimum Gasteiger partial charge on any atom is -0.368 e. The van der Waals surface area contributed by atoms with E-state index in [9.17, 15) is 9.59 Å². The minimum atomic E-state index is 0.0742. The molecule has 1 fully saturated rings. The van der Waals surface area contributed by atoms with Crippen molar-refractivity contribution in [1.29, 1.82) is 0 Å². The van der Waals surface area contributed by atoms with Crippen molar-refractivity contribution in [2.45, 2.75) is 26.2 Å². The van der Waals surface area contributed by atoms with Crippen LogP contribution in [0.2, 0.25) is 0 Å². The molecule has 1 N–H and O–H groups in total. The molecule has 0 spiro atoms. The molecular formula is C19H25N3O2. The van der Waals surface area contributed by atoms with E-state index in [1.54, 1.807) is 6.92 Å². The van der Waals surface area contributed by atoms with Gasteiger partial charge in [0.15, 0.2) is 0 Å². The summed E-state index contributed by atoms with van der Waals surface area (Å²) in [6.07, 6.45) is 7.01. The van der Waals surface area contributed by atoms with Crippen molar-refractivity contribution < 1.29 is 9.59 Å². The first-order chi connectivity index (χ1) is 11.6. The molecule has 1 aromatic carbocycles. The second kappa shape index (κ2) is 7.51. The summed E-state index contributed by atoms with van der Waals surface area (Å²) >= 11 is 0. The van der Waals surface area contributed by atoms with Gasteiger partial charge in [-0.2, -0.15) is 0 Å². The lowest BCUT2D eigenvalue weighted by atomic mass is 10.1. The third-order valence-electron chi connectivity index (χ3n) is 4.78. The van der Waals surface area contributed by atoms with Gasteiger partial charge in [-0.05, 0) is 37.0 Å². The zero-order valence-electron chi connectivity index (χ0n) is 14.2. The Morgan fingerprint density at radius 3 is 2.67 bits per heavy atom. The van der Waals surface area contributed by atoms with Gasteiger partial charge in [0.1, 0.15) is 0 Å². The molecule has 5 nitrogen and oxygen atoms in total. The SMILES string of the molecule is CC(=O)N1CCN(c2cccc(NC(=O)C[C@@H]3C=CCC3)c2)CC1. The predicted octanol–water partition coefficient (Wildman–Crippen LogP) is 2.65. The normalized spacial score (nSPS) is 20.3. The van der Waals surface area contributed by atoms with Gasteiger partial charge in [-0.15, -0.1) is 0 Å². The highest BCUT2D eigenvalue weighted by Crippen LogP contribution is 2.23. The molecule has 0 aromatic heterocycles. The fourth-order valence-corrected chi connectivity index (χ4v) is 3.38. The predicted molar refractivity (Wildman–Crippen MR) is 96.0 cm³/mol. The molecule has 0 unspecified atom stereocenters. The molecule has 3 rings (SSSR count). The van der Waals surface area contributed by atoms with Gasteiger partial charge in [0, 0.05) is 50.9 Å². The zero-order valence-corrected chi connectivity index (χ0v) is 14.2. The summed E-state index contributed by atoms with van der Waals surface area (Å²) in [4.78, 5) is 27.7. The van der Waals surface area contributed by atoms with Crippen LogP contribution in [0, 0.1) is 5.92 Å². The van der Waals surface area contributed by atoms with Gasteiger partial charge in [-0.25, -0.2) is 0 Å². The third-order valence-corrected chi connectivity index (χ3v) is 4.78. The summed E-state index contributed by atoms with van der Waals surface area (Å²) in [6.45, 7) is 4.76. The topological polar surface area (TPSA) is 52.7 Å². The molecular weight excluding hydrogens is 302 g/mol. The molecule has 24 heavy (non-hydrogen) atoms. The van der Waals surface area contributed by atoms with E-state index in [1.807, 2.05) is 23.1 Å². The van der Waals surface area contributed by atoms with Crippen LogP contribution in [-0.4, -0.2) is 42.9 Å². The van der Waals surface area contributed by atoms with E-state index in [2.05, 4.69) is 28.4 Å². The van der Waals surface area contributed by atoms with Crippen molar-refractivity contribution in [3.8, 4) is 0 Å². The van der Waals surface area contributed by atoms with Crippen molar-refractivity contribution in [1.82, 2.24) is 4.90 Å². The Morgan fingerprint density at radius 1 is 1.21 bits per heavy atom. The van der Waals surface area contributed by atoms with Crippen LogP contribution in [0.15, 0.2) is 36.4 Å². The van der Waals surface area contributed by atoms with Gasteiger partial charge in [-0.3, -0.25) is 9.59 Å². The molecule has 1 aliphatic carbocycles. The number of nitrogens with one attached hydrogen (secondary N) is 1. The van der Waals surface area contributed by atoms with Crippen LogP contribution in [0.1, 0.15) is 26.2 Å². The van der Waals surface area contributed by atoms with Gasteiger partial charge in [0.2, 0.25) is 11.8 Å². The highest BCUT2D eigenvalue weighted by Gasteiger charge is 2.19. The van der Waals surface area contributed by atoms with E-state index in [0.717, 1.165) is 50.4 Å². The molecule has 2 aliphatic rings. The van der Waals surface area contributed by atoms with Crippen molar-refractivity contribution in [2.24, 2.45) is 5.92 Å². The summed E-state index contributed by atoms with van der Waals surface area (Å²) in [7, 11) is 0. The summed E-state index contributed by atoms with van der Waals surface area (Å²) in [5.41, 5.74) is 1.94. The monoisotopic (exact) mass is 327 g/mol. The Hall–Kier alpha value is -2.30. The molecule has 0 radical (unpaired) electrons. The van der Waals surface area contributed by atoms with Crippen LogP contribution < -0.4 is 10.2 Å². The Balaban J connectivity index is 1.57. The number of benzene rings is 1. The fourth-order valence-electron chi connectivity index (χ4n) is 3.38.